The molecule has 0 saturated heterocycles. The maximum Gasteiger partial charge on any atom is 0.350 e. The van der Waals surface area contributed by atoms with Crippen LogP contribution >= 0.6 is 11.3 Å². The predicted molar refractivity (Wildman–Crippen MR) is 75.1 cm³/mol. The lowest BCUT2D eigenvalue weighted by Gasteiger charge is -2.21. The Morgan fingerprint density at radius 3 is 2.65 bits per heavy atom. The van der Waals surface area contributed by atoms with Crippen molar-refractivity contribution in [3.05, 3.63) is 11.1 Å². The summed E-state index contributed by atoms with van der Waals surface area (Å²) in [7, 11) is 0. The van der Waals surface area contributed by atoms with Gasteiger partial charge < -0.3 is 15.3 Å². The van der Waals surface area contributed by atoms with E-state index in [1.165, 1.54) is 6.92 Å². The van der Waals surface area contributed by atoms with Gasteiger partial charge in [-0.3, -0.25) is 4.79 Å². The SMILES string of the molecule is CC(O/N=C(/[C]=O)c1csc(N)n1)C(=O)OC(C)(C)C. The van der Waals surface area contributed by atoms with Gasteiger partial charge in [-0.1, -0.05) is 5.16 Å². The number of nitrogens with two attached hydrogens (primary N) is 1. The lowest BCUT2D eigenvalue weighted by molar-refractivity contribution is -0.167. The van der Waals surface area contributed by atoms with E-state index in [0.29, 0.717) is 5.13 Å². The number of esters is 1. The zero-order valence-electron chi connectivity index (χ0n) is 11.7. The topological polar surface area (TPSA) is 104 Å². The molecule has 2 N–H and O–H groups in total. The van der Waals surface area contributed by atoms with E-state index in [-0.39, 0.29) is 11.4 Å². The fourth-order valence-corrected chi connectivity index (χ4v) is 1.62. The number of ether oxygens (including phenoxy) is 1. The first-order valence-corrected chi connectivity index (χ1v) is 6.67. The van der Waals surface area contributed by atoms with E-state index in [0.717, 1.165) is 11.3 Å². The van der Waals surface area contributed by atoms with Gasteiger partial charge in [-0.2, -0.15) is 0 Å². The number of aromatic nitrogens is 1. The predicted octanol–water partition coefficient (Wildman–Crippen LogP) is 1.29. The standard InChI is InChI=1S/C12H16N3O4S/c1-7(10(17)18-12(2,3)4)19-15-8(5-16)9-6-20-11(13)14-9/h6-7H,1-4H3,(H2,13,14)/b15-8-. The fraction of sp³-hybridized carbons (Fsp3) is 0.500. The Balaban J connectivity index is 2.69. The normalized spacial score (nSPS) is 13.7. The number of oxime groups is 1. The maximum absolute atomic E-state index is 11.7. The van der Waals surface area contributed by atoms with Crippen LogP contribution in [0.2, 0.25) is 0 Å². The molecule has 0 bridgehead atoms. The van der Waals surface area contributed by atoms with Crippen molar-refractivity contribution < 1.29 is 19.2 Å². The molecular weight excluding hydrogens is 282 g/mol. The van der Waals surface area contributed by atoms with Crippen LogP contribution in [0.3, 0.4) is 0 Å². The van der Waals surface area contributed by atoms with Crippen LogP contribution in [0, 0.1) is 0 Å². The van der Waals surface area contributed by atoms with E-state index >= 15 is 0 Å². The molecule has 1 aromatic heterocycles. The summed E-state index contributed by atoms with van der Waals surface area (Å²) in [6.07, 6.45) is 0.635. The van der Waals surface area contributed by atoms with Gasteiger partial charge >= 0.3 is 5.97 Å². The summed E-state index contributed by atoms with van der Waals surface area (Å²) in [4.78, 5) is 31.3. The molecule has 1 atom stereocenters. The first-order valence-electron chi connectivity index (χ1n) is 5.79. The molecule has 0 amide bonds. The van der Waals surface area contributed by atoms with Gasteiger partial charge in [-0.05, 0) is 27.7 Å². The largest absolute Gasteiger partial charge is 0.457 e. The number of rotatable bonds is 5. The Kier molecular flexibility index (Phi) is 5.20. The minimum absolute atomic E-state index is 0.159. The molecule has 0 saturated carbocycles. The van der Waals surface area contributed by atoms with Gasteiger partial charge in [0, 0.05) is 5.38 Å². The molecule has 8 heteroatoms. The number of carbonyl (C=O) groups is 1. The number of thiazole rings is 1. The van der Waals surface area contributed by atoms with E-state index < -0.39 is 17.7 Å². The van der Waals surface area contributed by atoms with Crippen LogP contribution in [0.25, 0.3) is 0 Å². The lowest BCUT2D eigenvalue weighted by Crippen LogP contribution is -2.31. The monoisotopic (exact) mass is 298 g/mol. The van der Waals surface area contributed by atoms with E-state index in [9.17, 15) is 9.59 Å². The average Bonchev–Trinajstić information content (AvgIpc) is 2.74. The Bertz CT molecular complexity index is 519. The highest BCUT2D eigenvalue weighted by atomic mass is 32.1. The third-order valence-electron chi connectivity index (χ3n) is 1.90. The van der Waals surface area contributed by atoms with Crippen LogP contribution in [-0.4, -0.2) is 34.7 Å². The van der Waals surface area contributed by atoms with Crippen LogP contribution in [0.15, 0.2) is 10.5 Å². The number of hydrogen-bond acceptors (Lipinski definition) is 8. The second kappa shape index (κ2) is 6.47. The van der Waals surface area contributed by atoms with E-state index in [1.807, 2.05) is 0 Å². The molecule has 1 rings (SSSR count). The number of nitrogens with zero attached hydrogens (tertiary/aromatic N) is 2. The smallest absolute Gasteiger partial charge is 0.350 e. The molecule has 1 unspecified atom stereocenters. The molecule has 1 heterocycles. The van der Waals surface area contributed by atoms with Crippen molar-refractivity contribution in [2.75, 3.05) is 5.73 Å². The zero-order chi connectivity index (χ0) is 15.3. The summed E-state index contributed by atoms with van der Waals surface area (Å²) >= 11 is 1.16. The first-order chi connectivity index (χ1) is 9.23. The summed E-state index contributed by atoms with van der Waals surface area (Å²) < 4.78 is 5.11. The number of carbonyl (C=O) groups excluding carboxylic acids is 2. The Hall–Kier alpha value is -1.96. The quantitative estimate of drug-likeness (QED) is 0.499. The van der Waals surface area contributed by atoms with Gasteiger partial charge in [-0.25, -0.2) is 9.78 Å². The summed E-state index contributed by atoms with van der Waals surface area (Å²) in [5.41, 5.74) is 4.92. The van der Waals surface area contributed by atoms with Crippen LogP contribution in [0.4, 0.5) is 5.13 Å². The summed E-state index contributed by atoms with van der Waals surface area (Å²) in [5, 5.41) is 5.39. The Morgan fingerprint density at radius 1 is 1.55 bits per heavy atom. The maximum atomic E-state index is 11.7. The Labute approximate surface area is 120 Å². The number of hydrogen-bond donors (Lipinski definition) is 1. The number of nitrogen functional groups attached to an aromatic ring is 1. The molecule has 20 heavy (non-hydrogen) atoms. The van der Waals surface area contributed by atoms with E-state index in [1.54, 1.807) is 32.4 Å². The second-order valence-corrected chi connectivity index (χ2v) is 5.78. The molecule has 0 spiro atoms. The minimum atomic E-state index is -0.950. The van der Waals surface area contributed by atoms with Crippen LogP contribution < -0.4 is 5.73 Å². The molecule has 1 radical (unpaired) electrons. The highest BCUT2D eigenvalue weighted by molar-refractivity contribution is 7.13. The van der Waals surface area contributed by atoms with Crippen LogP contribution in [0.1, 0.15) is 33.4 Å². The van der Waals surface area contributed by atoms with Crippen LogP contribution in [-0.2, 0) is 19.2 Å². The van der Waals surface area contributed by atoms with Crippen LogP contribution in [0.5, 0.6) is 0 Å². The fourth-order valence-electron chi connectivity index (χ4n) is 1.07. The second-order valence-electron chi connectivity index (χ2n) is 4.89. The first kappa shape index (κ1) is 16.1. The molecule has 0 aliphatic carbocycles. The molecule has 7 nitrogen and oxygen atoms in total. The van der Waals surface area contributed by atoms with Crippen molar-refractivity contribution in [1.29, 1.82) is 0 Å². The van der Waals surface area contributed by atoms with E-state index in [4.69, 9.17) is 15.3 Å². The van der Waals surface area contributed by atoms with Crippen molar-refractivity contribution >= 4 is 34.4 Å². The van der Waals surface area contributed by atoms with Crippen molar-refractivity contribution in [3.8, 4) is 0 Å². The molecule has 0 fully saturated rings. The van der Waals surface area contributed by atoms with Gasteiger partial charge in [-0.15, -0.1) is 11.3 Å². The average molecular weight is 298 g/mol. The van der Waals surface area contributed by atoms with Crippen molar-refractivity contribution in [1.82, 2.24) is 4.98 Å². The third-order valence-corrected chi connectivity index (χ3v) is 2.58. The minimum Gasteiger partial charge on any atom is -0.457 e. The third kappa shape index (κ3) is 4.96. The number of anilines is 1. The van der Waals surface area contributed by atoms with Gasteiger partial charge in [0.15, 0.2) is 10.8 Å². The van der Waals surface area contributed by atoms with Gasteiger partial charge in [0.2, 0.25) is 6.10 Å². The van der Waals surface area contributed by atoms with Gasteiger partial charge in [0.05, 0.1) is 0 Å². The highest BCUT2D eigenvalue weighted by Crippen LogP contribution is 2.13. The van der Waals surface area contributed by atoms with Crippen molar-refractivity contribution in [2.45, 2.75) is 39.4 Å². The van der Waals surface area contributed by atoms with Gasteiger partial charge in [0.25, 0.3) is 6.29 Å². The van der Waals surface area contributed by atoms with Crippen molar-refractivity contribution in [2.24, 2.45) is 5.16 Å². The Morgan fingerprint density at radius 2 is 2.20 bits per heavy atom. The highest BCUT2D eigenvalue weighted by Gasteiger charge is 2.23. The van der Waals surface area contributed by atoms with E-state index in [2.05, 4.69) is 10.1 Å². The summed E-state index contributed by atoms with van der Waals surface area (Å²) in [5.74, 6) is -0.579. The summed E-state index contributed by atoms with van der Waals surface area (Å²) in [6, 6.07) is 0. The lowest BCUT2D eigenvalue weighted by atomic mass is 10.2. The summed E-state index contributed by atoms with van der Waals surface area (Å²) in [6.45, 7) is 6.69. The molecule has 0 aliphatic rings. The molecule has 0 aliphatic heterocycles. The molecule has 0 aromatic carbocycles. The molecule has 1 aromatic rings. The molecule has 109 valence electrons. The zero-order valence-corrected chi connectivity index (χ0v) is 12.5. The molecular formula is C12H16N3O4S. The van der Waals surface area contributed by atoms with Crippen molar-refractivity contribution in [3.63, 3.8) is 0 Å². The van der Waals surface area contributed by atoms with Gasteiger partial charge in [0.1, 0.15) is 11.3 Å².